The fraction of sp³-hybridized carbons (Fsp3) is 0.536. The molecule has 42 heavy (non-hydrogen) atoms. The highest BCUT2D eigenvalue weighted by Gasteiger charge is 2.48. The molecule has 0 spiro atoms. The molecule has 0 bridgehead atoms. The van der Waals surface area contributed by atoms with Crippen molar-refractivity contribution < 1.29 is 27.9 Å². The van der Waals surface area contributed by atoms with Gasteiger partial charge in [0, 0.05) is 37.8 Å². The number of carbonyl (C=O) groups is 3. The monoisotopic (exact) mass is 586 g/mol. The number of rotatable bonds is 8. The highest BCUT2D eigenvalue weighted by Crippen LogP contribution is 2.40. The summed E-state index contributed by atoms with van der Waals surface area (Å²) in [4.78, 5) is 50.0. The summed E-state index contributed by atoms with van der Waals surface area (Å²) in [6.07, 6.45) is 6.11. The molecule has 3 amide bonds. The molecule has 2 fully saturated rings. The van der Waals surface area contributed by atoms with Crippen LogP contribution in [-0.2, 0) is 9.59 Å². The lowest BCUT2D eigenvalue weighted by Gasteiger charge is -2.31. The predicted octanol–water partition coefficient (Wildman–Crippen LogP) is 2.27. The first-order valence-corrected chi connectivity index (χ1v) is 14.1. The molecule has 5 rings (SSSR count). The standard InChI is InChI=1S/C28H36F2N8O4/c1-36-21-14-32-27(35-24(21)38(19-5-3-4-6-19)16-28(29,30)26(36)41)34-20-8-7-17(13-22(20)42-2)25(40)33-18-9-11-37(12-10-18)15-23(31)39/h7-8,13-14,18-19H,3-6,9-12,15-16H2,1-2H3,(H2,31,39)(H,33,40)(H,32,34,35). The molecule has 2 aromatic rings. The van der Waals surface area contributed by atoms with Crippen molar-refractivity contribution in [1.82, 2.24) is 20.2 Å². The van der Waals surface area contributed by atoms with Gasteiger partial charge in [-0.05, 0) is 43.9 Å². The van der Waals surface area contributed by atoms with Crippen molar-refractivity contribution in [2.75, 3.05) is 55.5 Å². The van der Waals surface area contributed by atoms with Gasteiger partial charge in [0.15, 0.2) is 5.82 Å². The SMILES string of the molecule is COc1cc(C(=O)NC2CCN(CC(N)=O)CC2)ccc1Nc1ncc2c(n1)N(C1CCCC1)CC(F)(F)C(=O)N2C. The van der Waals surface area contributed by atoms with Gasteiger partial charge in [-0.1, -0.05) is 12.8 Å². The number of nitrogens with two attached hydrogens (primary N) is 1. The van der Waals surface area contributed by atoms with E-state index in [9.17, 15) is 23.2 Å². The number of piperidine rings is 1. The maximum Gasteiger partial charge on any atom is 0.342 e. The molecule has 14 heteroatoms. The average molecular weight is 587 g/mol. The Hall–Kier alpha value is -4.07. The highest BCUT2D eigenvalue weighted by atomic mass is 19.3. The van der Waals surface area contributed by atoms with E-state index in [2.05, 4.69) is 20.6 Å². The van der Waals surface area contributed by atoms with E-state index < -0.39 is 18.4 Å². The van der Waals surface area contributed by atoms with E-state index in [4.69, 9.17) is 10.5 Å². The van der Waals surface area contributed by atoms with E-state index in [1.165, 1.54) is 20.4 Å². The first-order valence-electron chi connectivity index (χ1n) is 14.1. The van der Waals surface area contributed by atoms with E-state index in [-0.39, 0.29) is 47.9 Å². The number of amides is 3. The molecule has 3 aliphatic rings. The summed E-state index contributed by atoms with van der Waals surface area (Å²) in [5, 5.41) is 6.11. The number of halogens is 2. The average Bonchev–Trinajstić information content (AvgIpc) is 3.49. The molecule has 0 atom stereocenters. The van der Waals surface area contributed by atoms with E-state index in [0.29, 0.717) is 42.9 Å². The number of anilines is 4. The number of likely N-dealkylation sites (tertiary alicyclic amines) is 1. The van der Waals surface area contributed by atoms with Gasteiger partial charge < -0.3 is 30.9 Å². The molecule has 1 aromatic heterocycles. The van der Waals surface area contributed by atoms with Gasteiger partial charge in [0.25, 0.3) is 11.8 Å². The van der Waals surface area contributed by atoms with Crippen LogP contribution in [0.1, 0.15) is 48.9 Å². The number of alkyl halides is 2. The zero-order chi connectivity index (χ0) is 30.0. The summed E-state index contributed by atoms with van der Waals surface area (Å²) in [5.41, 5.74) is 6.36. The molecule has 12 nitrogen and oxygen atoms in total. The molecular formula is C28H36F2N8O4. The molecular weight excluding hydrogens is 550 g/mol. The van der Waals surface area contributed by atoms with Crippen molar-refractivity contribution in [2.45, 2.75) is 56.5 Å². The quantitative estimate of drug-likeness (QED) is 0.424. The molecule has 2 aliphatic heterocycles. The smallest absolute Gasteiger partial charge is 0.342 e. The minimum Gasteiger partial charge on any atom is -0.495 e. The van der Waals surface area contributed by atoms with Gasteiger partial charge >= 0.3 is 5.92 Å². The van der Waals surface area contributed by atoms with Gasteiger partial charge in [-0.3, -0.25) is 19.3 Å². The number of carbonyl (C=O) groups excluding carboxylic acids is 3. The fourth-order valence-electron chi connectivity index (χ4n) is 5.88. The van der Waals surface area contributed by atoms with Gasteiger partial charge in [0.1, 0.15) is 11.4 Å². The Morgan fingerprint density at radius 3 is 2.55 bits per heavy atom. The van der Waals surface area contributed by atoms with E-state index in [0.717, 1.165) is 30.6 Å². The normalized spacial score (nSPS) is 19.8. The minimum atomic E-state index is -3.56. The molecule has 226 valence electrons. The molecule has 1 saturated carbocycles. The molecule has 0 unspecified atom stereocenters. The van der Waals surface area contributed by atoms with E-state index in [1.54, 1.807) is 23.1 Å². The Bertz CT molecular complexity index is 1350. The zero-order valence-electron chi connectivity index (χ0n) is 23.7. The number of methoxy groups -OCH3 is 1. The summed E-state index contributed by atoms with van der Waals surface area (Å²) in [6, 6.07) is 4.72. The molecule has 1 aliphatic carbocycles. The van der Waals surface area contributed by atoms with Gasteiger partial charge in [0.2, 0.25) is 11.9 Å². The van der Waals surface area contributed by atoms with Crippen LogP contribution in [0.4, 0.5) is 31.9 Å². The second kappa shape index (κ2) is 12.0. The van der Waals surface area contributed by atoms with Crippen LogP contribution in [0.5, 0.6) is 5.75 Å². The summed E-state index contributed by atoms with van der Waals surface area (Å²) < 4.78 is 35.3. The molecule has 3 heterocycles. The minimum absolute atomic E-state index is 0.0291. The molecule has 1 saturated heterocycles. The Kier molecular flexibility index (Phi) is 8.43. The second-order valence-electron chi connectivity index (χ2n) is 11.1. The van der Waals surface area contributed by atoms with Crippen molar-refractivity contribution >= 4 is 40.9 Å². The molecule has 4 N–H and O–H groups in total. The summed E-state index contributed by atoms with van der Waals surface area (Å²) >= 11 is 0. The fourth-order valence-corrected chi connectivity index (χ4v) is 5.88. The van der Waals surface area contributed by atoms with Crippen molar-refractivity contribution in [2.24, 2.45) is 5.73 Å². The summed E-state index contributed by atoms with van der Waals surface area (Å²) in [6.45, 7) is 0.795. The van der Waals surface area contributed by atoms with Crippen LogP contribution < -0.4 is 30.9 Å². The Morgan fingerprint density at radius 2 is 1.88 bits per heavy atom. The number of hydrogen-bond donors (Lipinski definition) is 3. The van der Waals surface area contributed by atoms with Crippen LogP contribution in [0.3, 0.4) is 0 Å². The van der Waals surface area contributed by atoms with Gasteiger partial charge in [-0.2, -0.15) is 13.8 Å². The van der Waals surface area contributed by atoms with Crippen LogP contribution in [0.15, 0.2) is 24.4 Å². The summed E-state index contributed by atoms with van der Waals surface area (Å²) in [5.74, 6) is -4.71. The highest BCUT2D eigenvalue weighted by molar-refractivity contribution is 6.02. The molecule has 0 radical (unpaired) electrons. The molecule has 1 aromatic carbocycles. The first kappa shape index (κ1) is 29.4. The lowest BCUT2D eigenvalue weighted by molar-refractivity contribution is -0.140. The number of ether oxygens (including phenoxy) is 1. The third kappa shape index (κ3) is 6.22. The number of nitrogens with one attached hydrogen (secondary N) is 2. The third-order valence-electron chi connectivity index (χ3n) is 8.15. The summed E-state index contributed by atoms with van der Waals surface area (Å²) in [7, 11) is 2.78. The van der Waals surface area contributed by atoms with Crippen LogP contribution in [0.25, 0.3) is 0 Å². The Labute approximate surface area is 242 Å². The first-order chi connectivity index (χ1) is 20.1. The van der Waals surface area contributed by atoms with Crippen LogP contribution in [0, 0.1) is 0 Å². The Balaban J connectivity index is 1.33. The Morgan fingerprint density at radius 1 is 1.17 bits per heavy atom. The number of fused-ring (bicyclic) bond motifs is 1. The third-order valence-corrected chi connectivity index (χ3v) is 8.15. The largest absolute Gasteiger partial charge is 0.495 e. The van der Waals surface area contributed by atoms with Crippen LogP contribution in [0.2, 0.25) is 0 Å². The van der Waals surface area contributed by atoms with Gasteiger partial charge in [-0.15, -0.1) is 0 Å². The maximum absolute atomic E-state index is 14.9. The zero-order valence-corrected chi connectivity index (χ0v) is 23.7. The lowest BCUT2D eigenvalue weighted by atomic mass is 10.0. The van der Waals surface area contributed by atoms with Crippen LogP contribution >= 0.6 is 0 Å². The number of nitrogens with zero attached hydrogens (tertiary/aromatic N) is 5. The number of benzene rings is 1. The van der Waals surface area contributed by atoms with Gasteiger partial charge in [0.05, 0.1) is 32.1 Å². The lowest BCUT2D eigenvalue weighted by Crippen LogP contribution is -2.48. The van der Waals surface area contributed by atoms with Crippen molar-refractivity contribution in [3.63, 3.8) is 0 Å². The number of hydrogen-bond acceptors (Lipinski definition) is 9. The maximum atomic E-state index is 14.9. The number of aromatic nitrogens is 2. The van der Waals surface area contributed by atoms with Crippen molar-refractivity contribution in [3.8, 4) is 5.75 Å². The van der Waals surface area contributed by atoms with Crippen LogP contribution in [-0.4, -0.2) is 90.9 Å². The van der Waals surface area contributed by atoms with Gasteiger partial charge in [-0.25, -0.2) is 4.98 Å². The predicted molar refractivity (Wildman–Crippen MR) is 152 cm³/mol. The van der Waals surface area contributed by atoms with E-state index in [1.807, 2.05) is 4.90 Å². The topological polar surface area (TPSA) is 146 Å². The van der Waals surface area contributed by atoms with Crippen molar-refractivity contribution in [1.29, 1.82) is 0 Å². The second-order valence-corrected chi connectivity index (χ2v) is 11.1. The van der Waals surface area contributed by atoms with Crippen molar-refractivity contribution in [3.05, 3.63) is 30.0 Å². The number of primary amides is 1. The van der Waals surface area contributed by atoms with E-state index >= 15 is 0 Å².